The van der Waals surface area contributed by atoms with E-state index < -0.39 is 0 Å². The lowest BCUT2D eigenvalue weighted by Crippen LogP contribution is -2.15. The van der Waals surface area contributed by atoms with Crippen LogP contribution >= 0.6 is 0 Å². The molecular formula is C11H19NO3. The summed E-state index contributed by atoms with van der Waals surface area (Å²) < 4.78 is 4.90. The summed E-state index contributed by atoms with van der Waals surface area (Å²) in [6, 6.07) is 0. The van der Waals surface area contributed by atoms with Crippen molar-refractivity contribution in [2.45, 2.75) is 32.6 Å². The summed E-state index contributed by atoms with van der Waals surface area (Å²) in [5.74, 6) is -0.445. The lowest BCUT2D eigenvalue weighted by Gasteiger charge is -2.01. The van der Waals surface area contributed by atoms with Crippen molar-refractivity contribution in [2.24, 2.45) is 5.73 Å². The highest BCUT2D eigenvalue weighted by Gasteiger charge is 2.05. The van der Waals surface area contributed by atoms with E-state index in [0.717, 1.165) is 12.8 Å². The SMILES string of the molecule is CCC=CCCOC(=O)CCC(=O)CN. The van der Waals surface area contributed by atoms with Crippen molar-refractivity contribution in [3.8, 4) is 0 Å². The Balaban J connectivity index is 3.41. The fraction of sp³-hybridized carbons (Fsp3) is 0.636. The van der Waals surface area contributed by atoms with E-state index in [1.165, 1.54) is 0 Å². The van der Waals surface area contributed by atoms with Gasteiger partial charge in [-0.15, -0.1) is 0 Å². The van der Waals surface area contributed by atoms with Gasteiger partial charge in [0.2, 0.25) is 0 Å². The zero-order valence-electron chi connectivity index (χ0n) is 9.20. The fourth-order valence-electron chi connectivity index (χ4n) is 0.941. The number of rotatable bonds is 8. The Morgan fingerprint density at radius 1 is 1.27 bits per heavy atom. The molecular weight excluding hydrogens is 194 g/mol. The Morgan fingerprint density at radius 3 is 2.60 bits per heavy atom. The van der Waals surface area contributed by atoms with Gasteiger partial charge in [-0.2, -0.15) is 0 Å². The van der Waals surface area contributed by atoms with E-state index in [0.29, 0.717) is 6.61 Å². The van der Waals surface area contributed by atoms with Gasteiger partial charge >= 0.3 is 5.97 Å². The highest BCUT2D eigenvalue weighted by atomic mass is 16.5. The van der Waals surface area contributed by atoms with Gasteiger partial charge in [0.05, 0.1) is 19.6 Å². The average Bonchev–Trinajstić information content (AvgIpc) is 2.25. The summed E-state index contributed by atoms with van der Waals surface area (Å²) in [5.41, 5.74) is 5.10. The Bertz CT molecular complexity index is 224. The Labute approximate surface area is 90.5 Å². The van der Waals surface area contributed by atoms with Crippen LogP contribution in [0.2, 0.25) is 0 Å². The van der Waals surface area contributed by atoms with Gasteiger partial charge in [-0.1, -0.05) is 19.1 Å². The molecule has 0 aromatic heterocycles. The molecule has 2 N–H and O–H groups in total. The summed E-state index contributed by atoms with van der Waals surface area (Å²) in [6.07, 6.45) is 6.02. The van der Waals surface area contributed by atoms with E-state index in [1.807, 2.05) is 19.1 Å². The van der Waals surface area contributed by atoms with Gasteiger partial charge < -0.3 is 10.5 Å². The smallest absolute Gasteiger partial charge is 0.306 e. The third-order valence-corrected chi connectivity index (χ3v) is 1.79. The molecule has 0 aromatic carbocycles. The highest BCUT2D eigenvalue weighted by molar-refractivity contribution is 5.84. The van der Waals surface area contributed by atoms with E-state index in [1.54, 1.807) is 0 Å². The van der Waals surface area contributed by atoms with Gasteiger partial charge in [-0.05, 0) is 12.8 Å². The first-order valence-corrected chi connectivity index (χ1v) is 5.23. The standard InChI is InChI=1S/C11H19NO3/c1-2-3-4-5-8-15-11(14)7-6-10(13)9-12/h3-4H,2,5-9,12H2,1H3. The van der Waals surface area contributed by atoms with Crippen LogP contribution in [-0.4, -0.2) is 24.9 Å². The summed E-state index contributed by atoms with van der Waals surface area (Å²) in [7, 11) is 0. The zero-order valence-corrected chi connectivity index (χ0v) is 9.20. The number of hydrogen-bond acceptors (Lipinski definition) is 4. The van der Waals surface area contributed by atoms with Crippen LogP contribution in [0, 0.1) is 0 Å². The van der Waals surface area contributed by atoms with Crippen molar-refractivity contribution in [2.75, 3.05) is 13.2 Å². The second-order valence-corrected chi connectivity index (χ2v) is 3.13. The van der Waals surface area contributed by atoms with E-state index in [4.69, 9.17) is 10.5 Å². The van der Waals surface area contributed by atoms with E-state index in [9.17, 15) is 9.59 Å². The molecule has 0 spiro atoms. The number of nitrogens with two attached hydrogens (primary N) is 1. The number of ether oxygens (including phenoxy) is 1. The van der Waals surface area contributed by atoms with Crippen LogP contribution in [0.1, 0.15) is 32.6 Å². The molecule has 4 heteroatoms. The predicted octanol–water partition coefficient (Wildman–Crippen LogP) is 1.19. The molecule has 15 heavy (non-hydrogen) atoms. The second-order valence-electron chi connectivity index (χ2n) is 3.13. The maximum absolute atomic E-state index is 11.1. The van der Waals surface area contributed by atoms with Gasteiger partial charge in [0.15, 0.2) is 0 Å². The number of allylic oxidation sites excluding steroid dienone is 1. The second kappa shape index (κ2) is 9.40. The predicted molar refractivity (Wildman–Crippen MR) is 58.3 cm³/mol. The van der Waals surface area contributed by atoms with Gasteiger partial charge in [0.1, 0.15) is 5.78 Å². The molecule has 0 radical (unpaired) electrons. The maximum atomic E-state index is 11.1. The topological polar surface area (TPSA) is 69.4 Å². The van der Waals surface area contributed by atoms with Crippen LogP contribution in [0.4, 0.5) is 0 Å². The third-order valence-electron chi connectivity index (χ3n) is 1.79. The molecule has 0 saturated heterocycles. The van der Waals surface area contributed by atoms with Gasteiger partial charge in [-0.3, -0.25) is 9.59 Å². The maximum Gasteiger partial charge on any atom is 0.306 e. The van der Waals surface area contributed by atoms with Gasteiger partial charge in [-0.25, -0.2) is 0 Å². The molecule has 0 aliphatic heterocycles. The number of Topliss-reactive ketones (excluding diaryl/α,β-unsaturated/α-hetero) is 1. The van der Waals surface area contributed by atoms with E-state index in [2.05, 4.69) is 0 Å². The van der Waals surface area contributed by atoms with Crippen LogP contribution in [0.25, 0.3) is 0 Å². The first-order chi connectivity index (χ1) is 7.20. The number of carbonyl (C=O) groups excluding carboxylic acids is 2. The number of ketones is 1. The first-order valence-electron chi connectivity index (χ1n) is 5.23. The van der Waals surface area contributed by atoms with Crippen molar-refractivity contribution in [3.05, 3.63) is 12.2 Å². The van der Waals surface area contributed by atoms with Crippen molar-refractivity contribution in [1.29, 1.82) is 0 Å². The Morgan fingerprint density at radius 2 is 2.00 bits per heavy atom. The summed E-state index contributed by atoms with van der Waals surface area (Å²) in [4.78, 5) is 21.8. The highest BCUT2D eigenvalue weighted by Crippen LogP contribution is 1.95. The third kappa shape index (κ3) is 9.15. The van der Waals surface area contributed by atoms with Crippen LogP contribution in [0.3, 0.4) is 0 Å². The van der Waals surface area contributed by atoms with Gasteiger partial charge in [0.25, 0.3) is 0 Å². The quantitative estimate of drug-likeness (QED) is 0.373. The molecule has 0 heterocycles. The fourth-order valence-corrected chi connectivity index (χ4v) is 0.941. The molecule has 4 nitrogen and oxygen atoms in total. The van der Waals surface area contributed by atoms with Crippen molar-refractivity contribution in [3.63, 3.8) is 0 Å². The van der Waals surface area contributed by atoms with Crippen LogP contribution < -0.4 is 5.73 Å². The molecule has 0 unspecified atom stereocenters. The summed E-state index contributed by atoms with van der Waals surface area (Å²) in [6.45, 7) is 2.42. The minimum absolute atomic E-state index is 0.00742. The lowest BCUT2D eigenvalue weighted by atomic mass is 10.2. The Hall–Kier alpha value is -1.16. The minimum atomic E-state index is -0.332. The van der Waals surface area contributed by atoms with E-state index >= 15 is 0 Å². The molecule has 86 valence electrons. The normalized spacial score (nSPS) is 10.5. The molecule has 0 fully saturated rings. The average molecular weight is 213 g/mol. The summed E-state index contributed by atoms with van der Waals surface area (Å²) >= 11 is 0. The van der Waals surface area contributed by atoms with Gasteiger partial charge in [0, 0.05) is 6.42 Å². The zero-order chi connectivity index (χ0) is 11.5. The summed E-state index contributed by atoms with van der Waals surface area (Å²) in [5, 5.41) is 0. The van der Waals surface area contributed by atoms with Crippen molar-refractivity contribution >= 4 is 11.8 Å². The largest absolute Gasteiger partial charge is 0.465 e. The van der Waals surface area contributed by atoms with Crippen LogP contribution in [-0.2, 0) is 14.3 Å². The van der Waals surface area contributed by atoms with Crippen LogP contribution in [0.5, 0.6) is 0 Å². The number of hydrogen-bond donors (Lipinski definition) is 1. The molecule has 0 saturated carbocycles. The minimum Gasteiger partial charge on any atom is -0.465 e. The Kier molecular flexibility index (Phi) is 8.67. The lowest BCUT2D eigenvalue weighted by molar-refractivity contribution is -0.144. The van der Waals surface area contributed by atoms with E-state index in [-0.39, 0.29) is 31.1 Å². The molecule has 0 amide bonds. The van der Waals surface area contributed by atoms with Crippen molar-refractivity contribution < 1.29 is 14.3 Å². The molecule has 0 atom stereocenters. The van der Waals surface area contributed by atoms with Crippen molar-refractivity contribution in [1.82, 2.24) is 0 Å². The molecule has 0 aromatic rings. The number of carbonyl (C=O) groups is 2. The molecule has 0 aliphatic carbocycles. The molecule has 0 aliphatic rings. The van der Waals surface area contributed by atoms with Crippen LogP contribution in [0.15, 0.2) is 12.2 Å². The molecule has 0 rings (SSSR count). The molecule has 0 bridgehead atoms. The number of esters is 1. The first kappa shape index (κ1) is 13.8. The monoisotopic (exact) mass is 213 g/mol.